The van der Waals surface area contributed by atoms with Crippen molar-refractivity contribution in [3.63, 3.8) is 0 Å². The first kappa shape index (κ1) is 19.2. The minimum atomic E-state index is -0.917. The molecule has 2 aromatic carbocycles. The first-order valence-electron chi connectivity index (χ1n) is 9.88. The van der Waals surface area contributed by atoms with Gasteiger partial charge in [0, 0.05) is 32.0 Å². The summed E-state index contributed by atoms with van der Waals surface area (Å²) in [6.45, 7) is 2.71. The number of aromatic nitrogens is 2. The third-order valence-electron chi connectivity index (χ3n) is 5.36. The number of rotatable bonds is 6. The molecule has 1 fully saturated rings. The van der Waals surface area contributed by atoms with Crippen molar-refractivity contribution in [2.75, 3.05) is 20.1 Å². The number of para-hydroxylation sites is 1. The van der Waals surface area contributed by atoms with Crippen LogP contribution >= 0.6 is 0 Å². The van der Waals surface area contributed by atoms with E-state index in [-0.39, 0.29) is 11.7 Å². The molecule has 0 saturated carbocycles. The summed E-state index contributed by atoms with van der Waals surface area (Å²) in [7, 11) is 2.14. The van der Waals surface area contributed by atoms with Gasteiger partial charge in [-0.25, -0.2) is 9.78 Å². The van der Waals surface area contributed by atoms with Gasteiger partial charge in [-0.1, -0.05) is 24.3 Å². The van der Waals surface area contributed by atoms with Crippen LogP contribution in [0.25, 0.3) is 11.4 Å². The molecule has 29 heavy (non-hydrogen) atoms. The highest BCUT2D eigenvalue weighted by Gasteiger charge is 2.20. The number of aromatic carboxylic acids is 1. The topological polar surface area (TPSA) is 67.6 Å². The van der Waals surface area contributed by atoms with Crippen molar-refractivity contribution in [2.24, 2.45) is 0 Å². The summed E-state index contributed by atoms with van der Waals surface area (Å²) in [6, 6.07) is 15.0. The van der Waals surface area contributed by atoms with Crippen LogP contribution in [0.3, 0.4) is 0 Å². The van der Waals surface area contributed by atoms with E-state index < -0.39 is 5.97 Å². The third-order valence-corrected chi connectivity index (χ3v) is 5.36. The van der Waals surface area contributed by atoms with Crippen LogP contribution in [0, 0.1) is 0 Å². The summed E-state index contributed by atoms with van der Waals surface area (Å²) in [5, 5.41) is 9.07. The molecule has 0 unspecified atom stereocenters. The number of ether oxygens (including phenoxy) is 1. The quantitative estimate of drug-likeness (QED) is 0.693. The van der Waals surface area contributed by atoms with Crippen molar-refractivity contribution in [2.45, 2.75) is 25.5 Å². The van der Waals surface area contributed by atoms with Crippen molar-refractivity contribution in [3.8, 4) is 17.1 Å². The van der Waals surface area contributed by atoms with Crippen LogP contribution in [0.2, 0.25) is 0 Å². The van der Waals surface area contributed by atoms with Crippen LogP contribution < -0.4 is 4.74 Å². The SMILES string of the molecule is CN1CCC(Oc2ccccc2-c2nccn2Cc2ccc(C(=O)O)cc2)CC1. The molecule has 0 amide bonds. The number of nitrogens with zero attached hydrogens (tertiary/aromatic N) is 3. The highest BCUT2D eigenvalue weighted by molar-refractivity contribution is 5.87. The van der Waals surface area contributed by atoms with Gasteiger partial charge in [-0.15, -0.1) is 0 Å². The Hall–Kier alpha value is -3.12. The molecule has 1 aromatic heterocycles. The van der Waals surface area contributed by atoms with Crippen LogP contribution in [0.15, 0.2) is 60.9 Å². The van der Waals surface area contributed by atoms with Gasteiger partial charge in [0.1, 0.15) is 17.7 Å². The number of imidazole rings is 1. The smallest absolute Gasteiger partial charge is 0.335 e. The standard InChI is InChI=1S/C23H25N3O3/c1-25-13-10-19(11-14-25)29-21-5-3-2-4-20(21)22-24-12-15-26(22)16-17-6-8-18(9-7-17)23(27)28/h2-9,12,15,19H,10-11,13-14,16H2,1H3,(H,27,28). The Balaban J connectivity index is 1.55. The lowest BCUT2D eigenvalue weighted by molar-refractivity contribution is 0.0697. The van der Waals surface area contributed by atoms with Crippen molar-refractivity contribution >= 4 is 5.97 Å². The molecule has 1 saturated heterocycles. The zero-order chi connectivity index (χ0) is 20.2. The lowest BCUT2D eigenvalue weighted by Crippen LogP contribution is -2.35. The Bertz CT molecular complexity index is 973. The first-order valence-corrected chi connectivity index (χ1v) is 9.88. The minimum Gasteiger partial charge on any atom is -0.490 e. The molecule has 0 atom stereocenters. The highest BCUT2D eigenvalue weighted by atomic mass is 16.5. The molecule has 0 bridgehead atoms. The molecule has 6 nitrogen and oxygen atoms in total. The van der Waals surface area contributed by atoms with Crippen LogP contribution in [0.1, 0.15) is 28.8 Å². The van der Waals surface area contributed by atoms with E-state index >= 15 is 0 Å². The second kappa shape index (κ2) is 8.49. The Morgan fingerprint density at radius 1 is 1.14 bits per heavy atom. The monoisotopic (exact) mass is 391 g/mol. The largest absolute Gasteiger partial charge is 0.490 e. The number of carbonyl (C=O) groups is 1. The zero-order valence-electron chi connectivity index (χ0n) is 16.5. The Morgan fingerprint density at radius 2 is 1.86 bits per heavy atom. The molecule has 2 heterocycles. The summed E-state index contributed by atoms with van der Waals surface area (Å²) in [4.78, 5) is 18.0. The molecule has 0 aliphatic carbocycles. The molecule has 150 valence electrons. The van der Waals surface area contributed by atoms with E-state index in [9.17, 15) is 4.79 Å². The predicted molar refractivity (Wildman–Crippen MR) is 111 cm³/mol. The fraction of sp³-hybridized carbons (Fsp3) is 0.304. The van der Waals surface area contributed by atoms with E-state index in [0.717, 1.165) is 48.6 Å². The summed E-state index contributed by atoms with van der Waals surface area (Å²) < 4.78 is 8.42. The summed E-state index contributed by atoms with van der Waals surface area (Å²) in [5.74, 6) is 0.784. The summed E-state index contributed by atoms with van der Waals surface area (Å²) >= 11 is 0. The number of carboxylic acid groups (broad SMARTS) is 1. The molecule has 0 radical (unpaired) electrons. The first-order chi connectivity index (χ1) is 14.1. The normalized spacial score (nSPS) is 15.3. The number of hydrogen-bond donors (Lipinski definition) is 1. The Kier molecular flexibility index (Phi) is 5.62. The lowest BCUT2D eigenvalue weighted by atomic mass is 10.1. The van der Waals surface area contributed by atoms with E-state index in [1.807, 2.05) is 42.6 Å². The van der Waals surface area contributed by atoms with E-state index in [2.05, 4.69) is 21.5 Å². The highest BCUT2D eigenvalue weighted by Crippen LogP contribution is 2.31. The second-order valence-corrected chi connectivity index (χ2v) is 7.50. The molecule has 1 aliphatic rings. The van der Waals surface area contributed by atoms with E-state index in [0.29, 0.717) is 6.54 Å². The lowest BCUT2D eigenvalue weighted by Gasteiger charge is -2.29. The number of piperidine rings is 1. The minimum absolute atomic E-state index is 0.222. The van der Waals surface area contributed by atoms with E-state index in [4.69, 9.17) is 9.84 Å². The maximum Gasteiger partial charge on any atom is 0.335 e. The van der Waals surface area contributed by atoms with E-state index in [1.54, 1.807) is 18.3 Å². The second-order valence-electron chi connectivity index (χ2n) is 7.50. The predicted octanol–water partition coefficient (Wildman–Crippen LogP) is 3.77. The average Bonchev–Trinajstić information content (AvgIpc) is 3.18. The molecular formula is C23H25N3O3. The Labute approximate surface area is 170 Å². The molecule has 1 N–H and O–H groups in total. The number of hydrogen-bond acceptors (Lipinski definition) is 4. The van der Waals surface area contributed by atoms with Crippen LogP contribution in [0.4, 0.5) is 0 Å². The third kappa shape index (κ3) is 4.49. The van der Waals surface area contributed by atoms with Crippen molar-refractivity contribution in [1.29, 1.82) is 0 Å². The zero-order valence-corrected chi connectivity index (χ0v) is 16.5. The van der Waals surface area contributed by atoms with Gasteiger partial charge in [-0.3, -0.25) is 0 Å². The van der Waals surface area contributed by atoms with Gasteiger partial charge in [-0.2, -0.15) is 0 Å². The van der Waals surface area contributed by atoms with Gasteiger partial charge < -0.3 is 19.3 Å². The fourth-order valence-corrected chi connectivity index (χ4v) is 3.67. The maximum atomic E-state index is 11.1. The maximum absolute atomic E-state index is 11.1. The molecule has 3 aromatic rings. The number of benzene rings is 2. The van der Waals surface area contributed by atoms with Crippen LogP contribution in [-0.2, 0) is 6.54 Å². The van der Waals surface area contributed by atoms with Crippen molar-refractivity contribution < 1.29 is 14.6 Å². The summed E-state index contributed by atoms with van der Waals surface area (Å²) in [5.41, 5.74) is 2.28. The van der Waals surface area contributed by atoms with Gasteiger partial charge in [0.05, 0.1) is 11.1 Å². The van der Waals surface area contributed by atoms with Gasteiger partial charge in [0.2, 0.25) is 0 Å². The molecule has 0 spiro atoms. The van der Waals surface area contributed by atoms with Gasteiger partial charge in [-0.05, 0) is 49.7 Å². The molecule has 4 rings (SSSR count). The molecule has 1 aliphatic heterocycles. The van der Waals surface area contributed by atoms with Gasteiger partial charge in [0.25, 0.3) is 0 Å². The van der Waals surface area contributed by atoms with Crippen molar-refractivity contribution in [3.05, 3.63) is 72.1 Å². The fourth-order valence-electron chi connectivity index (χ4n) is 3.67. The number of carboxylic acids is 1. The van der Waals surface area contributed by atoms with Gasteiger partial charge in [0.15, 0.2) is 0 Å². The molecular weight excluding hydrogens is 366 g/mol. The Morgan fingerprint density at radius 3 is 2.59 bits per heavy atom. The average molecular weight is 391 g/mol. The van der Waals surface area contributed by atoms with Crippen molar-refractivity contribution in [1.82, 2.24) is 14.5 Å². The summed E-state index contributed by atoms with van der Waals surface area (Å²) in [6.07, 6.45) is 5.99. The van der Waals surface area contributed by atoms with Crippen LogP contribution in [0.5, 0.6) is 5.75 Å². The van der Waals surface area contributed by atoms with Gasteiger partial charge >= 0.3 is 5.97 Å². The van der Waals surface area contributed by atoms with Crippen LogP contribution in [-0.4, -0.2) is 51.8 Å². The molecule has 6 heteroatoms. The number of likely N-dealkylation sites (tertiary alicyclic amines) is 1. The van der Waals surface area contributed by atoms with E-state index in [1.165, 1.54) is 0 Å².